The van der Waals surface area contributed by atoms with Gasteiger partial charge in [0.15, 0.2) is 5.11 Å². The van der Waals surface area contributed by atoms with Crippen molar-refractivity contribution in [1.82, 2.24) is 4.98 Å². The Labute approximate surface area is 129 Å². The van der Waals surface area contributed by atoms with Gasteiger partial charge < -0.3 is 10.6 Å². The molecule has 0 aliphatic carbocycles. The number of anilines is 2. The molecule has 0 radical (unpaired) electrons. The molecule has 0 amide bonds. The fourth-order valence-corrected chi connectivity index (χ4v) is 2.37. The smallest absolute Gasteiger partial charge is 0.176 e. The quantitative estimate of drug-likeness (QED) is 0.689. The Morgan fingerprint density at radius 3 is 2.57 bits per heavy atom. The minimum atomic E-state index is 0.534. The van der Waals surface area contributed by atoms with Gasteiger partial charge in [0.1, 0.15) is 5.82 Å². The van der Waals surface area contributed by atoms with Gasteiger partial charge in [0.2, 0.25) is 0 Å². The van der Waals surface area contributed by atoms with Crippen molar-refractivity contribution in [3.63, 3.8) is 0 Å². The number of hydrogen-bond acceptors (Lipinski definition) is 2. The third-order valence-electron chi connectivity index (χ3n) is 3.25. The number of hydrogen-bond donors (Lipinski definition) is 2. The third-order valence-corrected chi connectivity index (χ3v) is 3.45. The fourth-order valence-electron chi connectivity index (χ4n) is 2.15. The first-order chi connectivity index (χ1) is 10.2. The maximum absolute atomic E-state index is 5.34. The molecule has 0 atom stereocenters. The van der Waals surface area contributed by atoms with E-state index in [2.05, 4.69) is 39.9 Å². The van der Waals surface area contributed by atoms with E-state index >= 15 is 0 Å². The number of thiocarbonyl (C=S) groups is 1. The molecule has 2 aromatic carbocycles. The van der Waals surface area contributed by atoms with Crippen LogP contribution in [0.5, 0.6) is 0 Å². The lowest BCUT2D eigenvalue weighted by molar-refractivity contribution is 1.27. The van der Waals surface area contributed by atoms with E-state index in [1.54, 1.807) is 6.20 Å². The number of aryl methyl sites for hydroxylation is 1. The third kappa shape index (κ3) is 3.17. The summed E-state index contributed by atoms with van der Waals surface area (Å²) in [5, 5.41) is 9.23. The van der Waals surface area contributed by atoms with Crippen molar-refractivity contribution >= 4 is 39.6 Å². The SMILES string of the molecule is Cc1cccnc1NC(=S)Nc1ccc2ccccc2c1. The van der Waals surface area contributed by atoms with Gasteiger partial charge in [-0.1, -0.05) is 36.4 Å². The van der Waals surface area contributed by atoms with Gasteiger partial charge in [-0.25, -0.2) is 4.98 Å². The first kappa shape index (κ1) is 13.5. The predicted molar refractivity (Wildman–Crippen MR) is 92.8 cm³/mol. The normalized spacial score (nSPS) is 10.3. The Balaban J connectivity index is 1.75. The van der Waals surface area contributed by atoms with Crippen molar-refractivity contribution in [2.75, 3.05) is 10.6 Å². The van der Waals surface area contributed by atoms with Crippen LogP contribution in [0.3, 0.4) is 0 Å². The second kappa shape index (κ2) is 5.89. The zero-order chi connectivity index (χ0) is 14.7. The van der Waals surface area contributed by atoms with E-state index in [1.165, 1.54) is 10.8 Å². The number of pyridine rings is 1. The largest absolute Gasteiger partial charge is 0.332 e. The fraction of sp³-hybridized carbons (Fsp3) is 0.0588. The molecule has 0 bridgehead atoms. The summed E-state index contributed by atoms with van der Waals surface area (Å²) in [5.41, 5.74) is 2.01. The first-order valence-corrected chi connectivity index (χ1v) is 7.11. The molecule has 0 fully saturated rings. The summed E-state index contributed by atoms with van der Waals surface area (Å²) in [5.74, 6) is 0.774. The molecule has 0 saturated heterocycles. The van der Waals surface area contributed by atoms with E-state index < -0.39 is 0 Å². The monoisotopic (exact) mass is 293 g/mol. The summed E-state index contributed by atoms with van der Waals surface area (Å²) in [7, 11) is 0. The number of benzene rings is 2. The van der Waals surface area contributed by atoms with Crippen LogP contribution >= 0.6 is 12.2 Å². The Morgan fingerprint density at radius 1 is 0.952 bits per heavy atom. The van der Waals surface area contributed by atoms with Gasteiger partial charge in [0, 0.05) is 11.9 Å². The molecule has 0 spiro atoms. The molecule has 0 aliphatic heterocycles. The lowest BCUT2D eigenvalue weighted by atomic mass is 10.1. The Morgan fingerprint density at radius 2 is 1.76 bits per heavy atom. The minimum absolute atomic E-state index is 0.534. The number of aromatic nitrogens is 1. The van der Waals surface area contributed by atoms with Crippen LogP contribution in [0.25, 0.3) is 10.8 Å². The van der Waals surface area contributed by atoms with E-state index in [4.69, 9.17) is 12.2 Å². The van der Waals surface area contributed by atoms with Gasteiger partial charge in [-0.3, -0.25) is 0 Å². The summed E-state index contributed by atoms with van der Waals surface area (Å²) in [4.78, 5) is 4.27. The molecule has 3 nitrogen and oxygen atoms in total. The van der Waals surface area contributed by atoms with E-state index in [-0.39, 0.29) is 0 Å². The standard InChI is InChI=1S/C17H15N3S/c1-12-5-4-10-18-16(12)20-17(21)19-15-9-8-13-6-2-3-7-14(13)11-15/h2-11H,1H3,(H2,18,19,20,21). The Kier molecular flexibility index (Phi) is 3.79. The van der Waals surface area contributed by atoms with E-state index in [0.29, 0.717) is 5.11 Å². The molecule has 0 saturated carbocycles. The number of nitrogens with zero attached hydrogens (tertiary/aromatic N) is 1. The average Bonchev–Trinajstić information content (AvgIpc) is 2.49. The second-order valence-electron chi connectivity index (χ2n) is 4.81. The van der Waals surface area contributed by atoms with Crippen LogP contribution in [-0.2, 0) is 0 Å². The number of fused-ring (bicyclic) bond motifs is 1. The van der Waals surface area contributed by atoms with Gasteiger partial charge in [-0.15, -0.1) is 0 Å². The van der Waals surface area contributed by atoms with Gasteiger partial charge in [0.05, 0.1) is 0 Å². The molecule has 1 heterocycles. The van der Waals surface area contributed by atoms with Crippen molar-refractivity contribution in [2.24, 2.45) is 0 Å². The van der Waals surface area contributed by atoms with E-state index in [1.807, 2.05) is 37.3 Å². The second-order valence-corrected chi connectivity index (χ2v) is 5.22. The lowest BCUT2D eigenvalue weighted by Gasteiger charge is -2.12. The molecule has 21 heavy (non-hydrogen) atoms. The lowest BCUT2D eigenvalue weighted by Crippen LogP contribution is -2.20. The predicted octanol–water partition coefficient (Wildman–Crippen LogP) is 4.35. The highest BCUT2D eigenvalue weighted by molar-refractivity contribution is 7.80. The zero-order valence-corrected chi connectivity index (χ0v) is 12.4. The van der Waals surface area contributed by atoms with Crippen LogP contribution in [0.1, 0.15) is 5.56 Å². The van der Waals surface area contributed by atoms with Gasteiger partial charge in [-0.2, -0.15) is 0 Å². The highest BCUT2D eigenvalue weighted by atomic mass is 32.1. The van der Waals surface area contributed by atoms with Gasteiger partial charge in [0.25, 0.3) is 0 Å². The molecule has 0 aliphatic rings. The van der Waals surface area contributed by atoms with Crippen molar-refractivity contribution in [2.45, 2.75) is 6.92 Å². The van der Waals surface area contributed by atoms with Crippen LogP contribution in [0.15, 0.2) is 60.8 Å². The highest BCUT2D eigenvalue weighted by Gasteiger charge is 2.03. The molecule has 2 N–H and O–H groups in total. The van der Waals surface area contributed by atoms with Crippen LogP contribution in [0.4, 0.5) is 11.5 Å². The number of rotatable bonds is 2. The highest BCUT2D eigenvalue weighted by Crippen LogP contribution is 2.19. The van der Waals surface area contributed by atoms with Crippen LogP contribution in [0, 0.1) is 6.92 Å². The molecular formula is C17H15N3S. The van der Waals surface area contributed by atoms with Gasteiger partial charge >= 0.3 is 0 Å². The van der Waals surface area contributed by atoms with E-state index in [0.717, 1.165) is 17.1 Å². The van der Waals surface area contributed by atoms with E-state index in [9.17, 15) is 0 Å². The Hall–Kier alpha value is -2.46. The molecular weight excluding hydrogens is 278 g/mol. The Bertz CT molecular complexity index is 799. The molecule has 3 aromatic rings. The van der Waals surface area contributed by atoms with Crippen molar-refractivity contribution in [3.8, 4) is 0 Å². The van der Waals surface area contributed by atoms with Gasteiger partial charge in [-0.05, 0) is 53.7 Å². The maximum Gasteiger partial charge on any atom is 0.176 e. The summed E-state index contributed by atoms with van der Waals surface area (Å²) in [6, 6.07) is 18.3. The summed E-state index contributed by atoms with van der Waals surface area (Å²) < 4.78 is 0. The summed E-state index contributed by atoms with van der Waals surface area (Å²) >= 11 is 5.34. The van der Waals surface area contributed by atoms with Crippen molar-refractivity contribution in [1.29, 1.82) is 0 Å². The van der Waals surface area contributed by atoms with Crippen molar-refractivity contribution < 1.29 is 0 Å². The minimum Gasteiger partial charge on any atom is -0.332 e. The summed E-state index contributed by atoms with van der Waals surface area (Å²) in [6.45, 7) is 1.99. The number of nitrogens with one attached hydrogen (secondary N) is 2. The van der Waals surface area contributed by atoms with Crippen LogP contribution < -0.4 is 10.6 Å². The van der Waals surface area contributed by atoms with Crippen LogP contribution in [0.2, 0.25) is 0 Å². The molecule has 1 aromatic heterocycles. The average molecular weight is 293 g/mol. The molecule has 0 unspecified atom stereocenters. The molecule has 3 rings (SSSR count). The zero-order valence-electron chi connectivity index (χ0n) is 11.6. The van der Waals surface area contributed by atoms with Crippen molar-refractivity contribution in [3.05, 3.63) is 66.4 Å². The maximum atomic E-state index is 5.34. The van der Waals surface area contributed by atoms with Crippen LogP contribution in [-0.4, -0.2) is 10.1 Å². The summed E-state index contributed by atoms with van der Waals surface area (Å²) in [6.07, 6.45) is 1.74. The molecule has 104 valence electrons. The topological polar surface area (TPSA) is 37.0 Å². The first-order valence-electron chi connectivity index (χ1n) is 6.71. The molecule has 4 heteroatoms.